The molecule has 0 saturated carbocycles. The second kappa shape index (κ2) is 6.10. The summed E-state index contributed by atoms with van der Waals surface area (Å²) in [6.45, 7) is 3.25. The number of ketones is 1. The normalized spacial score (nSPS) is 22.3. The van der Waals surface area contributed by atoms with Crippen LogP contribution in [0.15, 0.2) is 5.38 Å². The van der Waals surface area contributed by atoms with Crippen molar-refractivity contribution in [3.63, 3.8) is 0 Å². The van der Waals surface area contributed by atoms with E-state index >= 15 is 0 Å². The number of aromatic nitrogens is 1. The lowest BCUT2D eigenvalue weighted by Gasteiger charge is -2.37. The number of carbonyl (C=O) groups is 1. The minimum absolute atomic E-state index is 0.00917. The highest BCUT2D eigenvalue weighted by atomic mass is 35.5. The summed E-state index contributed by atoms with van der Waals surface area (Å²) in [5, 5.41) is 2.84. The molecule has 0 radical (unpaired) electrons. The van der Waals surface area contributed by atoms with E-state index in [0.29, 0.717) is 11.7 Å². The first-order valence-corrected chi connectivity index (χ1v) is 7.44. The Balaban J connectivity index is 2.00. The number of alkyl halides is 1. The molecule has 1 aliphatic heterocycles. The summed E-state index contributed by atoms with van der Waals surface area (Å²) >= 11 is 7.08. The third kappa shape index (κ3) is 3.29. The van der Waals surface area contributed by atoms with E-state index in [1.807, 2.05) is 5.38 Å². The fourth-order valence-electron chi connectivity index (χ4n) is 2.12. The van der Waals surface area contributed by atoms with Crippen LogP contribution in [0.1, 0.15) is 15.5 Å². The van der Waals surface area contributed by atoms with Crippen LogP contribution in [-0.2, 0) is 6.42 Å². The van der Waals surface area contributed by atoms with Crippen molar-refractivity contribution in [1.82, 2.24) is 14.8 Å². The largest absolute Gasteiger partial charge is 0.304 e. The van der Waals surface area contributed by atoms with Gasteiger partial charge in [-0.3, -0.25) is 4.79 Å². The molecule has 2 heterocycles. The van der Waals surface area contributed by atoms with Crippen molar-refractivity contribution in [3.8, 4) is 0 Å². The fraction of sp³-hybridized carbons (Fsp3) is 0.667. The first kappa shape index (κ1) is 13.9. The summed E-state index contributed by atoms with van der Waals surface area (Å²) < 4.78 is 0. The van der Waals surface area contributed by atoms with Gasteiger partial charge in [0.1, 0.15) is 5.69 Å². The molecule has 0 aliphatic carbocycles. The van der Waals surface area contributed by atoms with Crippen molar-refractivity contribution in [2.24, 2.45) is 0 Å². The van der Waals surface area contributed by atoms with Crippen LogP contribution in [0.3, 0.4) is 0 Å². The lowest BCUT2D eigenvalue weighted by molar-refractivity contribution is 0.101. The number of hydrogen-bond donors (Lipinski definition) is 0. The molecule has 1 fully saturated rings. The van der Waals surface area contributed by atoms with Gasteiger partial charge in [0.05, 0.1) is 10.9 Å². The van der Waals surface area contributed by atoms with Crippen LogP contribution in [0.2, 0.25) is 0 Å². The molecule has 0 aromatic carbocycles. The van der Waals surface area contributed by atoms with Crippen molar-refractivity contribution < 1.29 is 4.79 Å². The van der Waals surface area contributed by atoms with Crippen LogP contribution in [0.5, 0.6) is 0 Å². The summed E-state index contributed by atoms with van der Waals surface area (Å²) in [6.07, 6.45) is 0.904. The monoisotopic (exact) mass is 287 g/mol. The standard InChI is InChI=1S/C12H18ClN3OS/c1-15-3-4-16(2)9(7-15)5-12-14-10(8-18-12)11(17)6-13/h8-9H,3-7H2,1-2H3. The Morgan fingerprint density at radius 3 is 3.06 bits per heavy atom. The molecule has 0 N–H and O–H groups in total. The van der Waals surface area contributed by atoms with Gasteiger partial charge in [0.25, 0.3) is 0 Å². The van der Waals surface area contributed by atoms with E-state index in [1.165, 1.54) is 0 Å². The highest BCUT2D eigenvalue weighted by Crippen LogP contribution is 2.17. The van der Waals surface area contributed by atoms with Crippen LogP contribution in [0.4, 0.5) is 0 Å². The van der Waals surface area contributed by atoms with Gasteiger partial charge in [0.15, 0.2) is 5.78 Å². The molecule has 1 aromatic heterocycles. The zero-order valence-corrected chi connectivity index (χ0v) is 12.3. The van der Waals surface area contributed by atoms with E-state index in [4.69, 9.17) is 11.6 Å². The molecule has 1 saturated heterocycles. The maximum absolute atomic E-state index is 11.4. The molecule has 6 heteroatoms. The van der Waals surface area contributed by atoms with E-state index in [-0.39, 0.29) is 11.7 Å². The molecule has 4 nitrogen and oxygen atoms in total. The Morgan fingerprint density at radius 1 is 1.56 bits per heavy atom. The fourth-order valence-corrected chi connectivity index (χ4v) is 3.13. The van der Waals surface area contributed by atoms with E-state index in [1.54, 1.807) is 11.3 Å². The zero-order chi connectivity index (χ0) is 13.1. The lowest BCUT2D eigenvalue weighted by Crippen LogP contribution is -2.50. The Bertz CT molecular complexity index is 423. The van der Waals surface area contributed by atoms with Gasteiger partial charge >= 0.3 is 0 Å². The highest BCUT2D eigenvalue weighted by molar-refractivity contribution is 7.09. The maximum Gasteiger partial charge on any atom is 0.196 e. The van der Waals surface area contributed by atoms with E-state index in [2.05, 4.69) is 28.9 Å². The molecular formula is C12H18ClN3OS. The Labute approximate surface area is 117 Å². The molecule has 18 heavy (non-hydrogen) atoms. The van der Waals surface area contributed by atoms with Crippen LogP contribution < -0.4 is 0 Å². The SMILES string of the molecule is CN1CCN(C)C(Cc2nc(C(=O)CCl)cs2)C1. The predicted molar refractivity (Wildman–Crippen MR) is 74.8 cm³/mol. The molecule has 1 atom stereocenters. The molecule has 1 aromatic rings. The third-order valence-electron chi connectivity index (χ3n) is 3.35. The third-order valence-corrected chi connectivity index (χ3v) is 4.46. The molecule has 0 spiro atoms. The smallest absolute Gasteiger partial charge is 0.196 e. The minimum atomic E-state index is -0.0896. The van der Waals surface area contributed by atoms with Gasteiger partial charge in [-0.1, -0.05) is 0 Å². The van der Waals surface area contributed by atoms with Crippen molar-refractivity contribution in [1.29, 1.82) is 0 Å². The summed E-state index contributed by atoms with van der Waals surface area (Å²) in [5.41, 5.74) is 0.511. The summed E-state index contributed by atoms with van der Waals surface area (Å²) in [7, 11) is 4.29. The second-order valence-electron chi connectivity index (χ2n) is 4.78. The van der Waals surface area contributed by atoms with Gasteiger partial charge < -0.3 is 9.80 Å². The van der Waals surface area contributed by atoms with E-state index in [9.17, 15) is 4.79 Å². The summed E-state index contributed by atoms with van der Waals surface area (Å²) in [5.74, 6) is -0.0804. The summed E-state index contributed by atoms with van der Waals surface area (Å²) in [4.78, 5) is 20.5. The van der Waals surface area contributed by atoms with E-state index in [0.717, 1.165) is 31.1 Å². The number of rotatable bonds is 4. The van der Waals surface area contributed by atoms with Crippen LogP contribution in [-0.4, -0.2) is 66.2 Å². The molecule has 1 aliphatic rings. The maximum atomic E-state index is 11.4. The molecule has 2 rings (SSSR count). The van der Waals surface area contributed by atoms with Gasteiger partial charge in [-0.2, -0.15) is 0 Å². The number of Topliss-reactive ketones (excluding diaryl/α,β-unsaturated/α-hetero) is 1. The highest BCUT2D eigenvalue weighted by Gasteiger charge is 2.23. The summed E-state index contributed by atoms with van der Waals surface area (Å²) in [6, 6.07) is 0.480. The van der Waals surface area contributed by atoms with Crippen molar-refractivity contribution in [2.45, 2.75) is 12.5 Å². The number of hydrogen-bond acceptors (Lipinski definition) is 5. The Kier molecular flexibility index (Phi) is 4.72. The van der Waals surface area contributed by atoms with Crippen molar-refractivity contribution >= 4 is 28.7 Å². The van der Waals surface area contributed by atoms with E-state index < -0.39 is 0 Å². The Hall–Kier alpha value is -0.490. The van der Waals surface area contributed by atoms with Gasteiger partial charge in [-0.05, 0) is 14.1 Å². The topological polar surface area (TPSA) is 36.4 Å². The average Bonchev–Trinajstić information content (AvgIpc) is 2.81. The van der Waals surface area contributed by atoms with Gasteiger partial charge in [-0.25, -0.2) is 4.98 Å². The Morgan fingerprint density at radius 2 is 2.33 bits per heavy atom. The first-order chi connectivity index (χ1) is 8.60. The molecule has 1 unspecified atom stereocenters. The van der Waals surface area contributed by atoms with Gasteiger partial charge in [0.2, 0.25) is 0 Å². The second-order valence-corrected chi connectivity index (χ2v) is 5.99. The zero-order valence-electron chi connectivity index (χ0n) is 10.7. The molecule has 100 valence electrons. The number of thiazole rings is 1. The molecule has 0 bridgehead atoms. The minimum Gasteiger partial charge on any atom is -0.304 e. The lowest BCUT2D eigenvalue weighted by atomic mass is 10.1. The van der Waals surface area contributed by atoms with Gasteiger partial charge in [-0.15, -0.1) is 22.9 Å². The van der Waals surface area contributed by atoms with Crippen LogP contribution in [0, 0.1) is 0 Å². The number of carbonyl (C=O) groups excluding carboxylic acids is 1. The quantitative estimate of drug-likeness (QED) is 0.619. The number of likely N-dealkylation sites (N-methyl/N-ethyl adjacent to an activating group) is 2. The molecular weight excluding hydrogens is 270 g/mol. The van der Waals surface area contributed by atoms with Crippen LogP contribution in [0.25, 0.3) is 0 Å². The van der Waals surface area contributed by atoms with Gasteiger partial charge in [0, 0.05) is 37.5 Å². The van der Waals surface area contributed by atoms with Crippen LogP contribution >= 0.6 is 22.9 Å². The predicted octanol–water partition coefficient (Wildman–Crippen LogP) is 1.35. The number of nitrogens with zero attached hydrogens (tertiary/aromatic N) is 3. The average molecular weight is 288 g/mol. The van der Waals surface area contributed by atoms with Crippen molar-refractivity contribution in [2.75, 3.05) is 39.6 Å². The first-order valence-electron chi connectivity index (χ1n) is 6.02. The molecule has 0 amide bonds. The van der Waals surface area contributed by atoms with Crippen molar-refractivity contribution in [3.05, 3.63) is 16.1 Å². The number of halogens is 1. The number of piperazine rings is 1.